The van der Waals surface area contributed by atoms with E-state index in [-0.39, 0.29) is 17.9 Å². The highest BCUT2D eigenvalue weighted by Gasteiger charge is 2.18. The van der Waals surface area contributed by atoms with Crippen LogP contribution in [-0.4, -0.2) is 46.1 Å². The fraction of sp³-hybridized carbons (Fsp3) is 0.217. The van der Waals surface area contributed by atoms with Gasteiger partial charge in [0.15, 0.2) is 0 Å². The molecule has 0 atom stereocenters. The summed E-state index contributed by atoms with van der Waals surface area (Å²) in [5.41, 5.74) is 1.66. The van der Waals surface area contributed by atoms with Gasteiger partial charge in [-0.1, -0.05) is 11.6 Å². The van der Waals surface area contributed by atoms with Gasteiger partial charge in [0.05, 0.1) is 27.9 Å². The van der Waals surface area contributed by atoms with Crippen LogP contribution in [-0.2, 0) is 0 Å². The lowest BCUT2D eigenvalue weighted by Crippen LogP contribution is -2.36. The smallest absolute Gasteiger partial charge is 0.257 e. The molecular weight excluding hydrogens is 430 g/mol. The Morgan fingerprint density at radius 3 is 2.44 bits per heavy atom. The number of amides is 2. The van der Waals surface area contributed by atoms with Crippen LogP contribution in [0.1, 0.15) is 33.6 Å². The zero-order valence-electron chi connectivity index (χ0n) is 17.2. The number of piperidine rings is 1. The number of halogens is 1. The summed E-state index contributed by atoms with van der Waals surface area (Å²) in [6.45, 7) is 1.47. The lowest BCUT2D eigenvalue weighted by atomic mass is 10.1. The van der Waals surface area contributed by atoms with Crippen LogP contribution in [0.3, 0.4) is 0 Å². The van der Waals surface area contributed by atoms with Crippen molar-refractivity contribution in [2.45, 2.75) is 18.9 Å². The van der Waals surface area contributed by atoms with Gasteiger partial charge in [0.1, 0.15) is 5.82 Å². The molecule has 0 saturated carbocycles. The fourth-order valence-electron chi connectivity index (χ4n) is 3.40. The number of aromatic nitrogens is 2. The lowest BCUT2D eigenvalue weighted by Gasteiger charge is -2.30. The summed E-state index contributed by atoms with van der Waals surface area (Å²) in [5, 5.41) is 15.5. The number of rotatable bonds is 5. The monoisotopic (exact) mass is 451 g/mol. The minimum absolute atomic E-state index is 0.255. The van der Waals surface area contributed by atoms with Gasteiger partial charge >= 0.3 is 0 Å². The first-order valence-corrected chi connectivity index (χ1v) is 10.6. The molecule has 1 aliphatic heterocycles. The minimum Gasteiger partial charge on any atom is -0.393 e. The molecule has 3 aromatic rings. The Kier molecular flexibility index (Phi) is 6.63. The molecule has 0 spiro atoms. The van der Waals surface area contributed by atoms with Crippen LogP contribution in [0.5, 0.6) is 0 Å². The number of hydrogen-bond donors (Lipinski definition) is 3. The summed E-state index contributed by atoms with van der Waals surface area (Å²) >= 11 is 6.21. The Balaban J connectivity index is 1.42. The Morgan fingerprint density at radius 2 is 1.75 bits per heavy atom. The Hall–Kier alpha value is -3.49. The van der Waals surface area contributed by atoms with Gasteiger partial charge in [-0.05, 0) is 55.3 Å². The molecular formula is C23H22ClN5O3. The van der Waals surface area contributed by atoms with Crippen LogP contribution in [0.25, 0.3) is 0 Å². The molecule has 8 nitrogen and oxygen atoms in total. The van der Waals surface area contributed by atoms with Crippen molar-refractivity contribution in [1.82, 2.24) is 9.97 Å². The molecule has 4 rings (SSSR count). The van der Waals surface area contributed by atoms with E-state index in [2.05, 4.69) is 25.5 Å². The summed E-state index contributed by atoms with van der Waals surface area (Å²) in [6.07, 6.45) is 5.72. The molecule has 2 amide bonds. The maximum absolute atomic E-state index is 12.7. The minimum atomic E-state index is -0.353. The van der Waals surface area contributed by atoms with Gasteiger partial charge in [0.25, 0.3) is 11.8 Å². The number of carbonyl (C=O) groups excluding carboxylic acids is 2. The van der Waals surface area contributed by atoms with Crippen LogP contribution in [0, 0.1) is 0 Å². The molecule has 1 saturated heterocycles. The first-order valence-electron chi connectivity index (χ1n) is 10.2. The van der Waals surface area contributed by atoms with Gasteiger partial charge in [-0.3, -0.25) is 14.6 Å². The molecule has 0 unspecified atom stereocenters. The van der Waals surface area contributed by atoms with Crippen LogP contribution in [0.15, 0.2) is 61.1 Å². The highest BCUT2D eigenvalue weighted by molar-refractivity contribution is 6.34. The van der Waals surface area contributed by atoms with E-state index in [1.165, 1.54) is 12.4 Å². The van der Waals surface area contributed by atoms with E-state index < -0.39 is 0 Å². The van der Waals surface area contributed by atoms with Crippen molar-refractivity contribution in [2.24, 2.45) is 0 Å². The molecule has 0 radical (unpaired) electrons. The quantitative estimate of drug-likeness (QED) is 0.547. The summed E-state index contributed by atoms with van der Waals surface area (Å²) in [5.74, 6) is 0.0961. The second kappa shape index (κ2) is 9.76. The standard InChI is InChI=1S/C23H22ClN5O3/c24-19-5-4-17(12-20(19)28-23(32)15-2-1-9-25-13-15)27-22(31)16-3-6-21(26-14-16)29-10-7-18(30)8-11-29/h1-6,9,12-14,18,30H,7-8,10-11H2,(H,27,31)(H,28,32). The third-order valence-electron chi connectivity index (χ3n) is 5.19. The Bertz CT molecular complexity index is 1100. The number of carbonyl (C=O) groups is 2. The van der Waals surface area contributed by atoms with E-state index in [4.69, 9.17) is 11.6 Å². The summed E-state index contributed by atoms with van der Waals surface area (Å²) in [7, 11) is 0. The number of aliphatic hydroxyl groups excluding tert-OH is 1. The number of benzene rings is 1. The largest absolute Gasteiger partial charge is 0.393 e. The normalized spacial score (nSPS) is 14.1. The first kappa shape index (κ1) is 21.7. The molecule has 1 fully saturated rings. The topological polar surface area (TPSA) is 107 Å². The van der Waals surface area contributed by atoms with E-state index in [1.54, 1.807) is 48.7 Å². The molecule has 164 valence electrons. The highest BCUT2D eigenvalue weighted by atomic mass is 35.5. The average molecular weight is 452 g/mol. The second-order valence-corrected chi connectivity index (χ2v) is 7.88. The van der Waals surface area contributed by atoms with E-state index >= 15 is 0 Å². The van der Waals surface area contributed by atoms with Gasteiger partial charge in [-0.2, -0.15) is 0 Å². The molecule has 32 heavy (non-hydrogen) atoms. The number of hydrogen-bond acceptors (Lipinski definition) is 6. The van der Waals surface area contributed by atoms with E-state index in [1.807, 2.05) is 0 Å². The van der Waals surface area contributed by atoms with Gasteiger partial charge in [0, 0.05) is 37.4 Å². The van der Waals surface area contributed by atoms with Crippen molar-refractivity contribution in [3.05, 3.63) is 77.2 Å². The number of nitrogens with zero attached hydrogens (tertiary/aromatic N) is 3. The van der Waals surface area contributed by atoms with Crippen molar-refractivity contribution >= 4 is 40.6 Å². The van der Waals surface area contributed by atoms with E-state index in [0.717, 1.165) is 18.9 Å². The summed E-state index contributed by atoms with van der Waals surface area (Å²) < 4.78 is 0. The Morgan fingerprint density at radius 1 is 1.00 bits per heavy atom. The molecule has 0 aliphatic carbocycles. The van der Waals surface area contributed by atoms with Crippen LogP contribution in [0.4, 0.5) is 17.2 Å². The number of anilines is 3. The summed E-state index contributed by atoms with van der Waals surface area (Å²) in [4.78, 5) is 35.4. The fourth-order valence-corrected chi connectivity index (χ4v) is 3.56. The van der Waals surface area contributed by atoms with Gasteiger partial charge < -0.3 is 20.6 Å². The van der Waals surface area contributed by atoms with Gasteiger partial charge in [-0.15, -0.1) is 0 Å². The van der Waals surface area contributed by atoms with Crippen molar-refractivity contribution in [3.63, 3.8) is 0 Å². The van der Waals surface area contributed by atoms with Crippen LogP contribution >= 0.6 is 11.6 Å². The number of nitrogens with one attached hydrogen (secondary N) is 2. The molecule has 2 aromatic heterocycles. The molecule has 3 heterocycles. The maximum Gasteiger partial charge on any atom is 0.257 e. The molecule has 3 N–H and O–H groups in total. The average Bonchev–Trinajstić information content (AvgIpc) is 2.82. The highest BCUT2D eigenvalue weighted by Crippen LogP contribution is 2.26. The predicted octanol–water partition coefficient (Wildman–Crippen LogP) is 3.60. The predicted molar refractivity (Wildman–Crippen MR) is 123 cm³/mol. The molecule has 9 heteroatoms. The molecule has 0 bridgehead atoms. The zero-order valence-corrected chi connectivity index (χ0v) is 17.9. The molecule has 1 aromatic carbocycles. The van der Waals surface area contributed by atoms with Gasteiger partial charge in [0.2, 0.25) is 0 Å². The van der Waals surface area contributed by atoms with Crippen molar-refractivity contribution < 1.29 is 14.7 Å². The lowest BCUT2D eigenvalue weighted by molar-refractivity contribution is 0.101. The summed E-state index contributed by atoms with van der Waals surface area (Å²) in [6, 6.07) is 11.7. The van der Waals surface area contributed by atoms with Gasteiger partial charge in [-0.25, -0.2) is 4.98 Å². The number of pyridine rings is 2. The zero-order chi connectivity index (χ0) is 22.5. The van der Waals surface area contributed by atoms with Crippen LogP contribution in [0.2, 0.25) is 5.02 Å². The SMILES string of the molecule is O=C(Nc1ccc(Cl)c(NC(=O)c2cccnc2)c1)c1ccc(N2CCC(O)CC2)nc1. The van der Waals surface area contributed by atoms with Crippen molar-refractivity contribution in [3.8, 4) is 0 Å². The third-order valence-corrected chi connectivity index (χ3v) is 5.52. The number of aliphatic hydroxyl groups is 1. The van der Waals surface area contributed by atoms with Crippen molar-refractivity contribution in [2.75, 3.05) is 28.6 Å². The first-order chi connectivity index (χ1) is 15.5. The Labute approximate surface area is 190 Å². The maximum atomic E-state index is 12.7. The van der Waals surface area contributed by atoms with Crippen molar-refractivity contribution in [1.29, 1.82) is 0 Å². The van der Waals surface area contributed by atoms with Crippen LogP contribution < -0.4 is 15.5 Å². The third kappa shape index (κ3) is 5.22. The van der Waals surface area contributed by atoms with E-state index in [9.17, 15) is 14.7 Å². The molecule has 1 aliphatic rings. The second-order valence-electron chi connectivity index (χ2n) is 7.47. The van der Waals surface area contributed by atoms with E-state index in [0.29, 0.717) is 40.4 Å².